The summed E-state index contributed by atoms with van der Waals surface area (Å²) >= 11 is 24.2. The van der Waals surface area contributed by atoms with Gasteiger partial charge in [0.25, 0.3) is 0 Å². The maximum atomic E-state index is 13.5. The normalized spacial score (nSPS) is 10.7. The molecule has 2 aromatic rings. The maximum Gasteiger partial charge on any atom is 0.231 e. The molecule has 0 aliphatic carbocycles. The molecule has 10 heteroatoms. The lowest BCUT2D eigenvalue weighted by Crippen LogP contribution is -2.15. The molecule has 0 unspecified atom stereocenters. The third-order valence-electron chi connectivity index (χ3n) is 3.55. The maximum absolute atomic E-state index is 13.5. The number of benzene rings is 2. The van der Waals surface area contributed by atoms with E-state index in [4.69, 9.17) is 51.0 Å². The van der Waals surface area contributed by atoms with Gasteiger partial charge in [0.2, 0.25) is 18.2 Å². The highest BCUT2D eigenvalue weighted by Crippen LogP contribution is 2.55. The third-order valence-corrected chi connectivity index (χ3v) is 7.64. The minimum Gasteiger partial charge on any atom is -0.307 e. The molecule has 27 heavy (non-hydrogen) atoms. The zero-order valence-corrected chi connectivity index (χ0v) is 18.9. The molecule has 0 bridgehead atoms. The van der Waals surface area contributed by atoms with Crippen LogP contribution in [0.1, 0.15) is 34.1 Å². The van der Waals surface area contributed by atoms with E-state index in [-0.39, 0.29) is 37.4 Å². The van der Waals surface area contributed by atoms with Crippen LogP contribution >= 0.6 is 62.7 Å². The molecular formula is C17H14Cl4O4P2. The molecule has 2 rings (SSSR count). The van der Waals surface area contributed by atoms with E-state index in [1.165, 1.54) is 24.3 Å². The molecule has 4 nitrogen and oxygen atoms in total. The van der Waals surface area contributed by atoms with Gasteiger partial charge in [-0.15, -0.1) is 0 Å². The van der Waals surface area contributed by atoms with E-state index in [0.717, 1.165) is 0 Å². The summed E-state index contributed by atoms with van der Waals surface area (Å²) in [5.41, 5.74) is -2.02. The Hall–Kier alpha value is -0.730. The Labute approximate surface area is 179 Å². The van der Waals surface area contributed by atoms with Gasteiger partial charge in [-0.25, -0.2) is 0 Å². The molecule has 0 aliphatic heterocycles. The Balaban J connectivity index is 0.00000176. The third kappa shape index (κ3) is 5.21. The van der Waals surface area contributed by atoms with Gasteiger partial charge in [-0.3, -0.25) is 14.2 Å². The molecule has 0 aromatic heterocycles. The van der Waals surface area contributed by atoms with Crippen LogP contribution < -0.4 is 0 Å². The van der Waals surface area contributed by atoms with Crippen molar-refractivity contribution >= 4 is 73.7 Å². The summed E-state index contributed by atoms with van der Waals surface area (Å²) in [5.74, 6) is 0. The fraction of sp³-hybridized carbons (Fsp3) is 0.176. The lowest BCUT2D eigenvalue weighted by molar-refractivity contribution is 0.103. The highest BCUT2D eigenvalue weighted by Gasteiger charge is 2.43. The van der Waals surface area contributed by atoms with E-state index in [0.29, 0.717) is 6.42 Å². The quantitative estimate of drug-likeness (QED) is 0.396. The lowest BCUT2D eigenvalue weighted by atomic mass is 10.2. The summed E-state index contributed by atoms with van der Waals surface area (Å²) in [6.45, 7) is 1.72. The molecule has 0 radical (unpaired) electrons. The Morgan fingerprint density at radius 1 is 0.815 bits per heavy atom. The molecule has 0 saturated carbocycles. The molecule has 144 valence electrons. The van der Waals surface area contributed by atoms with E-state index in [2.05, 4.69) is 0 Å². The Kier molecular flexibility index (Phi) is 9.65. The van der Waals surface area contributed by atoms with Gasteiger partial charge in [0, 0.05) is 6.16 Å². The number of carbonyl (C=O) groups excluding carboxylic acids is 2. The van der Waals surface area contributed by atoms with E-state index >= 15 is 0 Å². The average molecular weight is 486 g/mol. The molecule has 0 atom stereocenters. The van der Waals surface area contributed by atoms with Crippen LogP contribution in [0, 0.1) is 0 Å². The van der Waals surface area contributed by atoms with Gasteiger partial charge < -0.3 is 4.57 Å². The Morgan fingerprint density at radius 3 is 1.37 bits per heavy atom. The molecule has 0 heterocycles. The van der Waals surface area contributed by atoms with Gasteiger partial charge >= 0.3 is 0 Å². The van der Waals surface area contributed by atoms with Gasteiger partial charge in [-0.1, -0.05) is 65.5 Å². The van der Waals surface area contributed by atoms with Gasteiger partial charge in [-0.05, 0) is 30.7 Å². The molecule has 0 aliphatic rings. The van der Waals surface area contributed by atoms with E-state index < -0.39 is 18.2 Å². The molecular weight excluding hydrogens is 472 g/mol. The smallest absolute Gasteiger partial charge is 0.231 e. The number of halogens is 4. The Bertz CT molecular complexity index is 810. The first-order chi connectivity index (χ1) is 12.7. The minimum atomic E-state index is -4.07. The summed E-state index contributed by atoms with van der Waals surface area (Å²) < 4.78 is 21.5. The van der Waals surface area contributed by atoms with Crippen molar-refractivity contribution in [3.05, 3.63) is 67.6 Å². The monoisotopic (exact) mass is 484 g/mol. The highest BCUT2D eigenvalue weighted by molar-refractivity contribution is 7.95. The van der Waals surface area contributed by atoms with Crippen molar-refractivity contribution in [2.24, 2.45) is 0 Å². The van der Waals surface area contributed by atoms with Crippen molar-refractivity contribution in [3.63, 3.8) is 0 Å². The summed E-state index contributed by atoms with van der Waals surface area (Å²) in [6, 6.07) is 8.90. The van der Waals surface area contributed by atoms with Gasteiger partial charge in [0.15, 0.2) is 0 Å². The zero-order chi connectivity index (χ0) is 20.8. The van der Waals surface area contributed by atoms with Crippen LogP contribution in [-0.2, 0) is 9.13 Å². The molecule has 0 spiro atoms. The van der Waals surface area contributed by atoms with E-state index in [1.807, 2.05) is 0 Å². The molecule has 0 N–H and O–H groups in total. The number of hydrogen-bond acceptors (Lipinski definition) is 4. The number of carbonyl (C=O) groups is 2. The topological polar surface area (TPSA) is 68.3 Å². The average Bonchev–Trinajstić information content (AvgIpc) is 2.63. The molecule has 0 fully saturated rings. The lowest BCUT2D eigenvalue weighted by Gasteiger charge is -2.18. The van der Waals surface area contributed by atoms with Crippen LogP contribution in [-0.4, -0.2) is 17.2 Å². The van der Waals surface area contributed by atoms with Crippen LogP contribution in [0.15, 0.2) is 36.4 Å². The second-order valence-electron chi connectivity index (χ2n) is 5.27. The first kappa shape index (κ1) is 24.3. The summed E-state index contributed by atoms with van der Waals surface area (Å²) in [4.78, 5) is 26.0. The predicted octanol–water partition coefficient (Wildman–Crippen LogP) is 7.53. The SMILES string of the molecule is CCCP(=O)(C(=O)c1c(Cl)cccc1Cl)C(=O)c1c(Cl)cccc1Cl.O=P. The summed E-state index contributed by atoms with van der Waals surface area (Å²) in [7, 11) is -2.35. The van der Waals surface area contributed by atoms with Crippen molar-refractivity contribution in [3.8, 4) is 0 Å². The first-order valence-corrected chi connectivity index (χ1v) is 11.3. The summed E-state index contributed by atoms with van der Waals surface area (Å²) in [6.07, 6.45) is 0.215. The largest absolute Gasteiger partial charge is 0.307 e. The summed E-state index contributed by atoms with van der Waals surface area (Å²) in [5, 5.41) is 0.137. The highest BCUT2D eigenvalue weighted by atomic mass is 35.5. The van der Waals surface area contributed by atoms with Crippen molar-refractivity contribution in [1.82, 2.24) is 0 Å². The predicted molar refractivity (Wildman–Crippen MR) is 113 cm³/mol. The van der Waals surface area contributed by atoms with Crippen LogP contribution in [0.4, 0.5) is 0 Å². The van der Waals surface area contributed by atoms with Crippen molar-refractivity contribution in [2.45, 2.75) is 13.3 Å². The number of rotatable bonds is 6. The van der Waals surface area contributed by atoms with Crippen LogP contribution in [0.25, 0.3) is 0 Å². The van der Waals surface area contributed by atoms with Gasteiger partial charge in [0.1, 0.15) is 9.12 Å². The van der Waals surface area contributed by atoms with E-state index in [9.17, 15) is 14.2 Å². The second-order valence-corrected chi connectivity index (χ2v) is 9.63. The standard InChI is InChI=1S/C17H13Cl4O3P.HOP/c1-2-9-25(24,16(22)14-10(18)5-3-6-11(14)19)17(23)15-12(20)7-4-8-13(15)21;1-2/h3-8H,2,9H2,1H3;2H. The van der Waals surface area contributed by atoms with Gasteiger partial charge in [-0.2, -0.15) is 0 Å². The van der Waals surface area contributed by atoms with Crippen LogP contribution in [0.3, 0.4) is 0 Å². The van der Waals surface area contributed by atoms with E-state index in [1.54, 1.807) is 28.2 Å². The minimum absolute atomic E-state index is 0.0342. The number of hydrogen-bond donors (Lipinski definition) is 0. The van der Waals surface area contributed by atoms with Crippen molar-refractivity contribution in [2.75, 3.05) is 6.16 Å². The van der Waals surface area contributed by atoms with Gasteiger partial charge in [0.05, 0.1) is 31.2 Å². The fourth-order valence-electron chi connectivity index (χ4n) is 2.38. The molecule has 0 saturated heterocycles. The van der Waals surface area contributed by atoms with Crippen LogP contribution in [0.5, 0.6) is 0 Å². The van der Waals surface area contributed by atoms with Crippen molar-refractivity contribution < 1.29 is 18.7 Å². The molecule has 2 aromatic carbocycles. The first-order valence-electron chi connectivity index (χ1n) is 7.51. The van der Waals surface area contributed by atoms with Crippen LogP contribution in [0.2, 0.25) is 20.1 Å². The fourth-order valence-corrected chi connectivity index (χ4v) is 6.20. The molecule has 0 amide bonds. The second kappa shape index (κ2) is 10.7. The van der Waals surface area contributed by atoms with Crippen molar-refractivity contribution in [1.29, 1.82) is 0 Å². The Morgan fingerprint density at radius 2 is 1.11 bits per heavy atom. The zero-order valence-electron chi connectivity index (χ0n) is 14.0.